The molecule has 0 saturated carbocycles. The van der Waals surface area contributed by atoms with Gasteiger partial charge in [-0.2, -0.15) is 5.10 Å². The molecule has 0 bridgehead atoms. The highest BCUT2D eigenvalue weighted by molar-refractivity contribution is 6.32. The Hall–Kier alpha value is -1.07. The molecule has 1 saturated heterocycles. The number of hydrogen-bond acceptors (Lipinski definition) is 4. The predicted octanol–water partition coefficient (Wildman–Crippen LogP) is 2.03. The van der Waals surface area contributed by atoms with Gasteiger partial charge in [-0.3, -0.25) is 4.79 Å². The van der Waals surface area contributed by atoms with Gasteiger partial charge in [-0.05, 0) is 46.2 Å². The molecule has 0 amide bonds. The van der Waals surface area contributed by atoms with Crippen LogP contribution in [0.1, 0.15) is 39.2 Å². The van der Waals surface area contributed by atoms with Crippen molar-refractivity contribution in [2.45, 2.75) is 45.2 Å². The number of nitrogens with one attached hydrogen (secondary N) is 2. The van der Waals surface area contributed by atoms with Gasteiger partial charge in [0.25, 0.3) is 5.56 Å². The molecule has 1 aliphatic heterocycles. The van der Waals surface area contributed by atoms with E-state index in [0.29, 0.717) is 11.7 Å². The number of hydrogen-bond donors (Lipinski definition) is 2. The Morgan fingerprint density at radius 2 is 2.26 bits per heavy atom. The highest BCUT2D eigenvalue weighted by atomic mass is 35.5. The number of anilines is 1. The van der Waals surface area contributed by atoms with Crippen LogP contribution in [0.2, 0.25) is 5.02 Å². The lowest BCUT2D eigenvalue weighted by atomic mass is 10.1. The van der Waals surface area contributed by atoms with Crippen LogP contribution in [0.5, 0.6) is 0 Å². The summed E-state index contributed by atoms with van der Waals surface area (Å²) in [6.07, 6.45) is 4.90. The van der Waals surface area contributed by atoms with E-state index < -0.39 is 0 Å². The molecule has 5 nitrogen and oxygen atoms in total. The Morgan fingerprint density at radius 1 is 1.47 bits per heavy atom. The van der Waals surface area contributed by atoms with Crippen LogP contribution in [0.15, 0.2) is 11.0 Å². The normalized spacial score (nSPS) is 20.3. The van der Waals surface area contributed by atoms with Gasteiger partial charge in [0.05, 0.1) is 17.9 Å². The summed E-state index contributed by atoms with van der Waals surface area (Å²) >= 11 is 6.15. The minimum Gasteiger partial charge on any atom is -0.380 e. The number of rotatable bonds is 3. The highest BCUT2D eigenvalue weighted by Crippen LogP contribution is 2.20. The maximum atomic E-state index is 12.1. The van der Waals surface area contributed by atoms with E-state index in [0.717, 1.165) is 32.4 Å². The van der Waals surface area contributed by atoms with Crippen LogP contribution in [0.4, 0.5) is 5.69 Å². The highest BCUT2D eigenvalue weighted by Gasteiger charge is 2.16. The van der Waals surface area contributed by atoms with Gasteiger partial charge in [0.2, 0.25) is 0 Å². The van der Waals surface area contributed by atoms with Crippen molar-refractivity contribution >= 4 is 17.3 Å². The molecule has 0 aromatic carbocycles. The molecule has 0 aliphatic carbocycles. The van der Waals surface area contributed by atoms with E-state index in [9.17, 15) is 4.79 Å². The molecular formula is C13H21ClN4O. The molecule has 106 valence electrons. The third kappa shape index (κ3) is 3.48. The van der Waals surface area contributed by atoms with Crippen molar-refractivity contribution < 1.29 is 0 Å². The first-order valence-electron chi connectivity index (χ1n) is 6.84. The van der Waals surface area contributed by atoms with Crippen molar-refractivity contribution in [3.05, 3.63) is 21.6 Å². The molecule has 2 N–H and O–H groups in total. The van der Waals surface area contributed by atoms with Crippen molar-refractivity contribution in [2.24, 2.45) is 0 Å². The fourth-order valence-electron chi connectivity index (χ4n) is 2.30. The van der Waals surface area contributed by atoms with E-state index in [-0.39, 0.29) is 16.6 Å². The third-order valence-electron chi connectivity index (χ3n) is 3.37. The standard InChI is InChI=1S/C13H21ClN4O/c1-9(2)18-13(19)12(14)11(8-16-18)17-10-4-3-6-15-7-5-10/h8-10,15,17H,3-7H2,1-2H3. The molecule has 1 atom stereocenters. The molecular weight excluding hydrogens is 264 g/mol. The Kier molecular flexibility index (Phi) is 4.82. The minimum absolute atomic E-state index is 0.0149. The second-order valence-corrected chi connectivity index (χ2v) is 5.62. The second kappa shape index (κ2) is 6.39. The average Bonchev–Trinajstić information content (AvgIpc) is 2.63. The maximum Gasteiger partial charge on any atom is 0.287 e. The summed E-state index contributed by atoms with van der Waals surface area (Å²) in [4.78, 5) is 12.1. The van der Waals surface area contributed by atoms with Crippen molar-refractivity contribution in [3.63, 3.8) is 0 Å². The first kappa shape index (κ1) is 14.3. The average molecular weight is 285 g/mol. The monoisotopic (exact) mass is 284 g/mol. The van der Waals surface area contributed by atoms with E-state index in [4.69, 9.17) is 11.6 Å². The maximum absolute atomic E-state index is 12.1. The van der Waals surface area contributed by atoms with Gasteiger partial charge in [-0.15, -0.1) is 0 Å². The van der Waals surface area contributed by atoms with Crippen molar-refractivity contribution in [1.82, 2.24) is 15.1 Å². The van der Waals surface area contributed by atoms with Gasteiger partial charge in [-0.25, -0.2) is 4.68 Å². The number of aromatic nitrogens is 2. The molecule has 0 spiro atoms. The molecule has 2 heterocycles. The molecule has 1 unspecified atom stereocenters. The lowest BCUT2D eigenvalue weighted by Crippen LogP contribution is -2.28. The largest absolute Gasteiger partial charge is 0.380 e. The molecule has 2 rings (SSSR count). The van der Waals surface area contributed by atoms with Gasteiger partial charge >= 0.3 is 0 Å². The smallest absolute Gasteiger partial charge is 0.287 e. The van der Waals surface area contributed by atoms with Crippen molar-refractivity contribution in [1.29, 1.82) is 0 Å². The van der Waals surface area contributed by atoms with E-state index >= 15 is 0 Å². The lowest BCUT2D eigenvalue weighted by Gasteiger charge is -2.18. The summed E-state index contributed by atoms with van der Waals surface area (Å²) in [5.41, 5.74) is 0.420. The van der Waals surface area contributed by atoms with E-state index in [1.54, 1.807) is 6.20 Å². The van der Waals surface area contributed by atoms with E-state index in [2.05, 4.69) is 15.7 Å². The van der Waals surface area contributed by atoms with E-state index in [1.807, 2.05) is 13.8 Å². The zero-order valence-corrected chi connectivity index (χ0v) is 12.2. The lowest BCUT2D eigenvalue weighted by molar-refractivity contribution is 0.502. The Morgan fingerprint density at radius 3 is 3.00 bits per heavy atom. The van der Waals surface area contributed by atoms with Gasteiger partial charge in [0.1, 0.15) is 5.02 Å². The van der Waals surface area contributed by atoms with Crippen LogP contribution in [-0.4, -0.2) is 28.9 Å². The Balaban J connectivity index is 2.16. The van der Waals surface area contributed by atoms with Crippen molar-refractivity contribution in [3.8, 4) is 0 Å². The topological polar surface area (TPSA) is 59.0 Å². The van der Waals surface area contributed by atoms with Gasteiger partial charge < -0.3 is 10.6 Å². The summed E-state index contributed by atoms with van der Waals surface area (Å²) in [6, 6.07) is 0.365. The Labute approximate surface area is 118 Å². The zero-order valence-electron chi connectivity index (χ0n) is 11.4. The minimum atomic E-state index is -0.228. The summed E-state index contributed by atoms with van der Waals surface area (Å²) in [6.45, 7) is 5.87. The zero-order chi connectivity index (χ0) is 13.8. The van der Waals surface area contributed by atoms with Crippen LogP contribution >= 0.6 is 11.6 Å². The summed E-state index contributed by atoms with van der Waals surface area (Å²) < 4.78 is 1.40. The third-order valence-corrected chi connectivity index (χ3v) is 3.73. The van der Waals surface area contributed by atoms with Gasteiger partial charge in [-0.1, -0.05) is 11.6 Å². The van der Waals surface area contributed by atoms with Crippen molar-refractivity contribution in [2.75, 3.05) is 18.4 Å². The van der Waals surface area contributed by atoms with Crippen LogP contribution < -0.4 is 16.2 Å². The molecule has 0 radical (unpaired) electrons. The van der Waals surface area contributed by atoms with Gasteiger partial charge in [0.15, 0.2) is 0 Å². The molecule has 1 aliphatic rings. The molecule has 6 heteroatoms. The van der Waals surface area contributed by atoms with Crippen LogP contribution in [0, 0.1) is 0 Å². The molecule has 1 fully saturated rings. The van der Waals surface area contributed by atoms with Crippen LogP contribution in [0.25, 0.3) is 0 Å². The number of nitrogens with zero attached hydrogens (tertiary/aromatic N) is 2. The SMILES string of the molecule is CC(C)n1ncc(NC2CCCNCC2)c(Cl)c1=O. The van der Waals surface area contributed by atoms with Crippen LogP contribution in [-0.2, 0) is 0 Å². The predicted molar refractivity (Wildman–Crippen MR) is 78.0 cm³/mol. The van der Waals surface area contributed by atoms with Gasteiger partial charge in [0, 0.05) is 6.04 Å². The fraction of sp³-hybridized carbons (Fsp3) is 0.692. The summed E-state index contributed by atoms with van der Waals surface area (Å²) in [5, 5.41) is 11.1. The van der Waals surface area contributed by atoms with Crippen LogP contribution in [0.3, 0.4) is 0 Å². The first-order valence-corrected chi connectivity index (χ1v) is 7.22. The summed E-state index contributed by atoms with van der Waals surface area (Å²) in [5.74, 6) is 0. The molecule has 1 aromatic heterocycles. The molecule has 19 heavy (non-hydrogen) atoms. The fourth-order valence-corrected chi connectivity index (χ4v) is 2.49. The number of halogens is 1. The first-order chi connectivity index (χ1) is 9.09. The second-order valence-electron chi connectivity index (χ2n) is 5.24. The van der Waals surface area contributed by atoms with E-state index in [1.165, 1.54) is 4.68 Å². The Bertz CT molecular complexity index is 478. The molecule has 1 aromatic rings. The quantitative estimate of drug-likeness (QED) is 0.892. The summed E-state index contributed by atoms with van der Waals surface area (Å²) in [7, 11) is 0.